The number of nitrogens with zero attached hydrogens (tertiary/aromatic N) is 4. The molecular weight excluding hydrogens is 266 g/mol. The molecule has 0 saturated carbocycles. The maximum absolute atomic E-state index is 12.5. The van der Waals surface area contributed by atoms with Crippen molar-refractivity contribution in [3.8, 4) is 0 Å². The fourth-order valence-electron chi connectivity index (χ4n) is 2.80. The van der Waals surface area contributed by atoms with Gasteiger partial charge in [-0.3, -0.25) is 9.48 Å². The van der Waals surface area contributed by atoms with E-state index in [-0.39, 0.29) is 18.0 Å². The molecule has 0 bridgehead atoms. The van der Waals surface area contributed by atoms with E-state index >= 15 is 0 Å². The molecule has 1 aliphatic heterocycles. The molecule has 0 radical (unpaired) electrons. The molecule has 21 heavy (non-hydrogen) atoms. The van der Waals surface area contributed by atoms with E-state index in [1.807, 2.05) is 28.8 Å². The van der Waals surface area contributed by atoms with Crippen LogP contribution in [-0.2, 0) is 11.3 Å². The average Bonchev–Trinajstić information content (AvgIpc) is 2.99. The highest BCUT2D eigenvalue weighted by Gasteiger charge is 2.25. The summed E-state index contributed by atoms with van der Waals surface area (Å²) >= 11 is 0. The number of likely N-dealkylation sites (N-methyl/N-ethyl adjacent to an activating group) is 1. The van der Waals surface area contributed by atoms with Crippen LogP contribution in [0.3, 0.4) is 0 Å². The Morgan fingerprint density at radius 3 is 2.57 bits per heavy atom. The minimum Gasteiger partial charge on any atom is -0.339 e. The van der Waals surface area contributed by atoms with Crippen LogP contribution in [0, 0.1) is 0 Å². The van der Waals surface area contributed by atoms with E-state index < -0.39 is 0 Å². The molecule has 118 valence electrons. The maximum atomic E-state index is 12.5. The fraction of sp³-hybridized carbons (Fsp3) is 0.733. The normalized spacial score (nSPS) is 19.5. The van der Waals surface area contributed by atoms with Crippen molar-refractivity contribution in [2.75, 3.05) is 32.7 Å². The number of carbonyl (C=O) groups is 1. The molecule has 1 aliphatic rings. The third kappa shape index (κ3) is 4.54. The van der Waals surface area contributed by atoms with Crippen molar-refractivity contribution in [2.24, 2.45) is 0 Å². The summed E-state index contributed by atoms with van der Waals surface area (Å²) in [6, 6.07) is 1.97. The van der Waals surface area contributed by atoms with E-state index in [1.165, 1.54) is 0 Å². The highest BCUT2D eigenvalue weighted by molar-refractivity contribution is 5.81. The van der Waals surface area contributed by atoms with Gasteiger partial charge in [0.1, 0.15) is 0 Å². The SMILES string of the molecule is CCN1CCN(C(=O)[C@@H](C)N[C@@H](C)Cn2cccn2)CC1. The summed E-state index contributed by atoms with van der Waals surface area (Å²) in [6.07, 6.45) is 3.71. The van der Waals surface area contributed by atoms with Crippen LogP contribution in [0.2, 0.25) is 0 Å². The Morgan fingerprint density at radius 1 is 1.29 bits per heavy atom. The molecule has 1 saturated heterocycles. The van der Waals surface area contributed by atoms with Gasteiger partial charge in [0.15, 0.2) is 0 Å². The lowest BCUT2D eigenvalue weighted by molar-refractivity contribution is -0.135. The number of hydrogen-bond acceptors (Lipinski definition) is 4. The van der Waals surface area contributed by atoms with Crippen LogP contribution in [0.1, 0.15) is 20.8 Å². The summed E-state index contributed by atoms with van der Waals surface area (Å²) in [5.41, 5.74) is 0. The molecule has 1 fully saturated rings. The molecular formula is C15H27N5O. The summed E-state index contributed by atoms with van der Waals surface area (Å²) in [7, 11) is 0. The van der Waals surface area contributed by atoms with Crippen molar-refractivity contribution in [2.45, 2.75) is 39.4 Å². The maximum Gasteiger partial charge on any atom is 0.239 e. The molecule has 1 N–H and O–H groups in total. The van der Waals surface area contributed by atoms with Gasteiger partial charge in [0.2, 0.25) is 5.91 Å². The summed E-state index contributed by atoms with van der Waals surface area (Å²) in [6.45, 7) is 11.7. The molecule has 2 atom stereocenters. The predicted molar refractivity (Wildman–Crippen MR) is 83.0 cm³/mol. The van der Waals surface area contributed by atoms with Gasteiger partial charge in [-0.05, 0) is 26.5 Å². The van der Waals surface area contributed by atoms with Gasteiger partial charge in [0, 0.05) is 44.6 Å². The van der Waals surface area contributed by atoms with Crippen LogP contribution in [0.25, 0.3) is 0 Å². The predicted octanol–water partition coefficient (Wildman–Crippen LogP) is 0.414. The summed E-state index contributed by atoms with van der Waals surface area (Å²) in [5.74, 6) is 0.207. The van der Waals surface area contributed by atoms with Gasteiger partial charge in [0.25, 0.3) is 0 Å². The van der Waals surface area contributed by atoms with Crippen molar-refractivity contribution in [3.05, 3.63) is 18.5 Å². The van der Waals surface area contributed by atoms with Crippen molar-refractivity contribution in [3.63, 3.8) is 0 Å². The Balaban J connectivity index is 1.77. The van der Waals surface area contributed by atoms with Crippen molar-refractivity contribution in [1.29, 1.82) is 0 Å². The Hall–Kier alpha value is -1.40. The number of aromatic nitrogens is 2. The molecule has 6 heteroatoms. The first-order chi connectivity index (χ1) is 10.1. The third-order valence-electron chi connectivity index (χ3n) is 4.06. The first-order valence-corrected chi connectivity index (χ1v) is 7.84. The first kappa shape index (κ1) is 16.0. The minimum absolute atomic E-state index is 0.149. The van der Waals surface area contributed by atoms with Crippen LogP contribution in [0.5, 0.6) is 0 Å². The largest absolute Gasteiger partial charge is 0.339 e. The van der Waals surface area contributed by atoms with Gasteiger partial charge in [-0.1, -0.05) is 6.92 Å². The lowest BCUT2D eigenvalue weighted by Crippen LogP contribution is -2.54. The first-order valence-electron chi connectivity index (χ1n) is 7.84. The number of hydrogen-bond donors (Lipinski definition) is 1. The van der Waals surface area contributed by atoms with E-state index in [2.05, 4.69) is 29.2 Å². The standard InChI is InChI=1S/C15H27N5O/c1-4-18-8-10-19(11-9-18)15(21)14(3)17-13(2)12-20-7-5-6-16-20/h5-7,13-14,17H,4,8-12H2,1-3H3/t13-,14+/m0/s1. The number of nitrogens with one attached hydrogen (secondary N) is 1. The van der Waals surface area contributed by atoms with Gasteiger partial charge in [-0.15, -0.1) is 0 Å². The van der Waals surface area contributed by atoms with E-state index in [0.717, 1.165) is 39.3 Å². The highest BCUT2D eigenvalue weighted by Crippen LogP contribution is 2.04. The number of amides is 1. The fourth-order valence-corrected chi connectivity index (χ4v) is 2.80. The topological polar surface area (TPSA) is 53.4 Å². The van der Waals surface area contributed by atoms with Gasteiger partial charge in [-0.2, -0.15) is 5.10 Å². The van der Waals surface area contributed by atoms with Gasteiger partial charge in [0.05, 0.1) is 12.6 Å². The second-order valence-electron chi connectivity index (χ2n) is 5.78. The second kappa shape index (κ2) is 7.56. The van der Waals surface area contributed by atoms with Crippen molar-refractivity contribution in [1.82, 2.24) is 24.9 Å². The molecule has 0 aliphatic carbocycles. The number of carbonyl (C=O) groups excluding carboxylic acids is 1. The Kier molecular flexibility index (Phi) is 5.76. The number of piperazine rings is 1. The zero-order valence-corrected chi connectivity index (χ0v) is 13.3. The molecule has 6 nitrogen and oxygen atoms in total. The molecule has 1 aromatic rings. The van der Waals surface area contributed by atoms with Crippen LogP contribution in [-0.4, -0.2) is 70.3 Å². The minimum atomic E-state index is -0.149. The summed E-state index contributed by atoms with van der Waals surface area (Å²) < 4.78 is 1.88. The highest BCUT2D eigenvalue weighted by atomic mass is 16.2. The lowest BCUT2D eigenvalue weighted by atomic mass is 10.2. The molecule has 1 aromatic heterocycles. The Labute approximate surface area is 127 Å². The summed E-state index contributed by atoms with van der Waals surface area (Å²) in [4.78, 5) is 16.8. The number of rotatable bonds is 6. The van der Waals surface area contributed by atoms with Crippen LogP contribution >= 0.6 is 0 Å². The van der Waals surface area contributed by atoms with E-state index in [0.29, 0.717) is 0 Å². The molecule has 0 spiro atoms. The monoisotopic (exact) mass is 293 g/mol. The van der Waals surface area contributed by atoms with E-state index in [9.17, 15) is 4.79 Å². The van der Waals surface area contributed by atoms with Crippen molar-refractivity contribution >= 4 is 5.91 Å². The van der Waals surface area contributed by atoms with Crippen LogP contribution in [0.15, 0.2) is 18.5 Å². The van der Waals surface area contributed by atoms with Crippen molar-refractivity contribution < 1.29 is 4.79 Å². The van der Waals surface area contributed by atoms with E-state index in [4.69, 9.17) is 0 Å². The third-order valence-corrected chi connectivity index (χ3v) is 4.06. The molecule has 0 unspecified atom stereocenters. The summed E-state index contributed by atoms with van der Waals surface area (Å²) in [5, 5.41) is 7.57. The molecule has 2 rings (SSSR count). The smallest absolute Gasteiger partial charge is 0.239 e. The molecule has 1 amide bonds. The average molecular weight is 293 g/mol. The Bertz CT molecular complexity index is 425. The zero-order chi connectivity index (χ0) is 15.2. The lowest BCUT2D eigenvalue weighted by Gasteiger charge is -2.36. The quantitative estimate of drug-likeness (QED) is 0.825. The van der Waals surface area contributed by atoms with Crippen LogP contribution < -0.4 is 5.32 Å². The van der Waals surface area contributed by atoms with Gasteiger partial charge < -0.3 is 15.1 Å². The van der Waals surface area contributed by atoms with Gasteiger partial charge in [-0.25, -0.2) is 0 Å². The Morgan fingerprint density at radius 2 is 2.00 bits per heavy atom. The van der Waals surface area contributed by atoms with Crippen LogP contribution in [0.4, 0.5) is 0 Å². The second-order valence-corrected chi connectivity index (χ2v) is 5.78. The van der Waals surface area contributed by atoms with E-state index in [1.54, 1.807) is 6.20 Å². The van der Waals surface area contributed by atoms with Gasteiger partial charge >= 0.3 is 0 Å². The molecule has 2 heterocycles. The molecule has 0 aromatic carbocycles. The zero-order valence-electron chi connectivity index (χ0n) is 13.3.